The first-order valence-corrected chi connectivity index (χ1v) is 6.90. The van der Waals surface area contributed by atoms with E-state index in [2.05, 4.69) is 6.92 Å². The number of rotatable bonds is 6. The van der Waals surface area contributed by atoms with Crippen molar-refractivity contribution < 1.29 is 9.59 Å². The lowest BCUT2D eigenvalue weighted by Crippen LogP contribution is -2.31. The number of ketones is 1. The highest BCUT2D eigenvalue weighted by Gasteiger charge is 2.21. The van der Waals surface area contributed by atoms with Gasteiger partial charge in [-0.3, -0.25) is 4.79 Å². The van der Waals surface area contributed by atoms with Crippen LogP contribution in [0.2, 0.25) is 0 Å². The van der Waals surface area contributed by atoms with E-state index in [0.29, 0.717) is 12.8 Å². The Bertz CT molecular complexity index is 263. The van der Waals surface area contributed by atoms with E-state index in [4.69, 9.17) is 0 Å². The Balaban J connectivity index is 2.34. The molecule has 1 amide bonds. The van der Waals surface area contributed by atoms with Gasteiger partial charge in [-0.2, -0.15) is 0 Å². The topological polar surface area (TPSA) is 37.4 Å². The second-order valence-corrected chi connectivity index (χ2v) is 5.17. The SMILES string of the molecule is CCCC1CCC(=O)N(CCCC(C)=O)CC1. The lowest BCUT2D eigenvalue weighted by molar-refractivity contribution is -0.131. The maximum Gasteiger partial charge on any atom is 0.222 e. The molecule has 1 heterocycles. The summed E-state index contributed by atoms with van der Waals surface area (Å²) >= 11 is 0. The zero-order valence-corrected chi connectivity index (χ0v) is 11.2. The molecule has 0 aromatic carbocycles. The van der Waals surface area contributed by atoms with Gasteiger partial charge in [-0.05, 0) is 32.1 Å². The minimum absolute atomic E-state index is 0.219. The van der Waals surface area contributed by atoms with Gasteiger partial charge in [-0.1, -0.05) is 19.8 Å². The fourth-order valence-electron chi connectivity index (χ4n) is 2.55. The van der Waals surface area contributed by atoms with Crippen molar-refractivity contribution in [3.05, 3.63) is 0 Å². The third-order valence-electron chi connectivity index (χ3n) is 3.58. The van der Waals surface area contributed by atoms with Gasteiger partial charge in [0, 0.05) is 25.9 Å². The summed E-state index contributed by atoms with van der Waals surface area (Å²) in [6.07, 6.45) is 6.76. The average molecular weight is 239 g/mol. The molecule has 0 aromatic rings. The smallest absolute Gasteiger partial charge is 0.222 e. The molecule has 1 fully saturated rings. The summed E-state index contributed by atoms with van der Waals surface area (Å²) in [5.74, 6) is 1.23. The second kappa shape index (κ2) is 7.46. The van der Waals surface area contributed by atoms with Crippen LogP contribution < -0.4 is 0 Å². The summed E-state index contributed by atoms with van der Waals surface area (Å²) in [5, 5.41) is 0. The predicted molar refractivity (Wildman–Crippen MR) is 68.7 cm³/mol. The molecule has 1 aliphatic rings. The third kappa shape index (κ3) is 5.33. The Morgan fingerprint density at radius 3 is 2.82 bits per heavy atom. The Labute approximate surface area is 105 Å². The van der Waals surface area contributed by atoms with Crippen LogP contribution in [0.5, 0.6) is 0 Å². The molecule has 0 saturated carbocycles. The molecule has 1 aliphatic heterocycles. The molecule has 98 valence electrons. The van der Waals surface area contributed by atoms with Gasteiger partial charge in [0.05, 0.1) is 0 Å². The highest BCUT2D eigenvalue weighted by Crippen LogP contribution is 2.22. The number of hydrogen-bond acceptors (Lipinski definition) is 2. The first-order valence-electron chi connectivity index (χ1n) is 6.90. The van der Waals surface area contributed by atoms with Crippen molar-refractivity contribution in [1.82, 2.24) is 4.90 Å². The van der Waals surface area contributed by atoms with E-state index in [1.807, 2.05) is 4.90 Å². The van der Waals surface area contributed by atoms with Crippen molar-refractivity contribution in [3.8, 4) is 0 Å². The second-order valence-electron chi connectivity index (χ2n) is 5.17. The van der Waals surface area contributed by atoms with Crippen molar-refractivity contribution in [3.63, 3.8) is 0 Å². The van der Waals surface area contributed by atoms with E-state index in [1.54, 1.807) is 6.92 Å². The van der Waals surface area contributed by atoms with Crippen LogP contribution in [0.25, 0.3) is 0 Å². The normalized spacial score (nSPS) is 21.4. The summed E-state index contributed by atoms with van der Waals surface area (Å²) in [5.41, 5.74) is 0. The first kappa shape index (κ1) is 14.2. The van der Waals surface area contributed by atoms with E-state index >= 15 is 0 Å². The van der Waals surface area contributed by atoms with Gasteiger partial charge in [0.2, 0.25) is 5.91 Å². The van der Waals surface area contributed by atoms with Gasteiger partial charge in [-0.15, -0.1) is 0 Å². The molecule has 0 bridgehead atoms. The quantitative estimate of drug-likeness (QED) is 0.714. The van der Waals surface area contributed by atoms with Gasteiger partial charge in [-0.25, -0.2) is 0 Å². The number of Topliss-reactive ketones (excluding diaryl/α,β-unsaturated/α-hetero) is 1. The fourth-order valence-corrected chi connectivity index (χ4v) is 2.55. The predicted octanol–water partition coefficient (Wildman–Crippen LogP) is 2.78. The number of amides is 1. The first-order chi connectivity index (χ1) is 8.13. The van der Waals surface area contributed by atoms with Crippen LogP contribution >= 0.6 is 0 Å². The van der Waals surface area contributed by atoms with Crippen LogP contribution in [-0.4, -0.2) is 29.7 Å². The monoisotopic (exact) mass is 239 g/mol. The van der Waals surface area contributed by atoms with E-state index in [0.717, 1.165) is 38.3 Å². The molecule has 0 spiro atoms. The summed E-state index contributed by atoms with van der Waals surface area (Å²) in [6, 6.07) is 0. The molecule has 3 heteroatoms. The van der Waals surface area contributed by atoms with Gasteiger partial charge in [0.25, 0.3) is 0 Å². The van der Waals surface area contributed by atoms with E-state index in [9.17, 15) is 9.59 Å². The van der Waals surface area contributed by atoms with Crippen LogP contribution in [0.15, 0.2) is 0 Å². The van der Waals surface area contributed by atoms with Crippen molar-refractivity contribution in [2.75, 3.05) is 13.1 Å². The highest BCUT2D eigenvalue weighted by atomic mass is 16.2. The van der Waals surface area contributed by atoms with Crippen LogP contribution in [0, 0.1) is 5.92 Å². The molecular weight excluding hydrogens is 214 g/mol. The molecule has 0 N–H and O–H groups in total. The number of nitrogens with zero attached hydrogens (tertiary/aromatic N) is 1. The molecule has 0 aliphatic carbocycles. The molecule has 17 heavy (non-hydrogen) atoms. The van der Waals surface area contributed by atoms with Crippen molar-refractivity contribution in [2.24, 2.45) is 5.92 Å². The summed E-state index contributed by atoms with van der Waals surface area (Å²) in [4.78, 5) is 24.7. The largest absolute Gasteiger partial charge is 0.343 e. The maximum atomic E-state index is 11.9. The van der Waals surface area contributed by atoms with Crippen LogP contribution in [0.3, 0.4) is 0 Å². The molecule has 0 radical (unpaired) electrons. The number of carbonyl (C=O) groups is 2. The third-order valence-corrected chi connectivity index (χ3v) is 3.58. The van der Waals surface area contributed by atoms with Crippen LogP contribution in [-0.2, 0) is 9.59 Å². The maximum absolute atomic E-state index is 11.9. The summed E-state index contributed by atoms with van der Waals surface area (Å²) < 4.78 is 0. The van der Waals surface area contributed by atoms with Crippen LogP contribution in [0.4, 0.5) is 0 Å². The Morgan fingerprint density at radius 1 is 1.41 bits per heavy atom. The molecule has 1 unspecified atom stereocenters. The Hall–Kier alpha value is -0.860. The molecular formula is C14H25NO2. The highest BCUT2D eigenvalue weighted by molar-refractivity contribution is 5.77. The summed E-state index contributed by atoms with van der Waals surface area (Å²) in [6.45, 7) is 5.47. The van der Waals surface area contributed by atoms with Gasteiger partial charge in [0.15, 0.2) is 0 Å². The van der Waals surface area contributed by atoms with Gasteiger partial charge in [0.1, 0.15) is 5.78 Å². The van der Waals surface area contributed by atoms with E-state index in [-0.39, 0.29) is 11.7 Å². The Morgan fingerprint density at radius 2 is 2.18 bits per heavy atom. The summed E-state index contributed by atoms with van der Waals surface area (Å²) in [7, 11) is 0. The van der Waals surface area contributed by atoms with Crippen LogP contribution in [0.1, 0.15) is 58.8 Å². The fraction of sp³-hybridized carbons (Fsp3) is 0.857. The van der Waals surface area contributed by atoms with Crippen molar-refractivity contribution >= 4 is 11.7 Å². The molecule has 1 atom stereocenters. The lowest BCUT2D eigenvalue weighted by atomic mass is 9.96. The number of carbonyl (C=O) groups excluding carboxylic acids is 2. The number of hydrogen-bond donors (Lipinski definition) is 0. The molecule has 0 aromatic heterocycles. The number of likely N-dealkylation sites (tertiary alicyclic amines) is 1. The van der Waals surface area contributed by atoms with Gasteiger partial charge >= 0.3 is 0 Å². The standard InChI is InChI=1S/C14H25NO2/c1-3-5-13-7-8-14(17)15(11-9-13)10-4-6-12(2)16/h13H,3-11H2,1-2H3. The van der Waals surface area contributed by atoms with Crippen molar-refractivity contribution in [1.29, 1.82) is 0 Å². The zero-order valence-electron chi connectivity index (χ0n) is 11.2. The zero-order chi connectivity index (χ0) is 12.7. The van der Waals surface area contributed by atoms with Crippen molar-refractivity contribution in [2.45, 2.75) is 58.8 Å². The molecule has 1 rings (SSSR count). The molecule has 1 saturated heterocycles. The lowest BCUT2D eigenvalue weighted by Gasteiger charge is -2.20. The minimum Gasteiger partial charge on any atom is -0.343 e. The van der Waals surface area contributed by atoms with E-state index < -0.39 is 0 Å². The van der Waals surface area contributed by atoms with E-state index in [1.165, 1.54) is 12.8 Å². The average Bonchev–Trinajstić information content (AvgIpc) is 2.44. The Kier molecular flexibility index (Phi) is 6.23. The van der Waals surface area contributed by atoms with Gasteiger partial charge < -0.3 is 9.69 Å². The minimum atomic E-state index is 0.219. The molecule has 3 nitrogen and oxygen atoms in total.